The zero-order chi connectivity index (χ0) is 23.4. The van der Waals surface area contributed by atoms with Gasteiger partial charge in [-0.05, 0) is 56.2 Å². The Bertz CT molecular complexity index is 1110. The van der Waals surface area contributed by atoms with Crippen LogP contribution in [0.25, 0.3) is 0 Å². The van der Waals surface area contributed by atoms with Crippen molar-refractivity contribution in [2.75, 3.05) is 26.2 Å². The fraction of sp³-hybridized carbons (Fsp3) is 0.500. The largest absolute Gasteiger partial charge is 0.356 e. The van der Waals surface area contributed by atoms with Gasteiger partial charge in [-0.25, -0.2) is 8.42 Å². The molecule has 178 valence electrons. The molecule has 0 unspecified atom stereocenters. The molecule has 0 bridgehead atoms. The highest BCUT2D eigenvalue weighted by atomic mass is 32.2. The summed E-state index contributed by atoms with van der Waals surface area (Å²) in [5, 5.41) is 2.96. The zero-order valence-electron chi connectivity index (χ0n) is 19.0. The van der Waals surface area contributed by atoms with Crippen LogP contribution >= 0.6 is 0 Å². The maximum absolute atomic E-state index is 13.2. The van der Waals surface area contributed by atoms with E-state index in [9.17, 15) is 18.0 Å². The predicted octanol–water partition coefficient (Wildman–Crippen LogP) is 2.67. The van der Waals surface area contributed by atoms with Crippen molar-refractivity contribution in [3.05, 3.63) is 53.3 Å². The number of nitrogens with zero attached hydrogens (tertiary/aromatic N) is 2. The van der Waals surface area contributed by atoms with Crippen molar-refractivity contribution in [3.8, 4) is 0 Å². The Kier molecular flexibility index (Phi) is 7.19. The minimum atomic E-state index is -3.79. The normalized spacial score (nSPS) is 19.9. The van der Waals surface area contributed by atoms with E-state index in [0.717, 1.165) is 30.4 Å². The maximum atomic E-state index is 13.2. The number of rotatable bonds is 6. The number of aromatic amines is 1. The van der Waals surface area contributed by atoms with Crippen LogP contribution in [-0.2, 0) is 21.4 Å². The van der Waals surface area contributed by atoms with Crippen LogP contribution in [0.4, 0.5) is 0 Å². The van der Waals surface area contributed by atoms with Crippen LogP contribution in [0.2, 0.25) is 0 Å². The first-order valence-corrected chi connectivity index (χ1v) is 13.1. The van der Waals surface area contributed by atoms with Crippen LogP contribution < -0.4 is 5.32 Å². The van der Waals surface area contributed by atoms with E-state index < -0.39 is 15.9 Å². The molecule has 0 aliphatic carbocycles. The average Bonchev–Trinajstić information content (AvgIpc) is 3.35. The lowest BCUT2D eigenvalue weighted by molar-refractivity contribution is -0.126. The van der Waals surface area contributed by atoms with Gasteiger partial charge in [-0.2, -0.15) is 4.31 Å². The molecule has 2 aliphatic heterocycles. The lowest BCUT2D eigenvalue weighted by Gasteiger charge is -2.31. The molecule has 1 atom stereocenters. The van der Waals surface area contributed by atoms with Crippen molar-refractivity contribution in [2.24, 2.45) is 5.92 Å². The molecule has 1 aromatic carbocycles. The Hall–Kier alpha value is -2.65. The molecule has 0 radical (unpaired) electrons. The van der Waals surface area contributed by atoms with Gasteiger partial charge in [0.2, 0.25) is 15.9 Å². The highest BCUT2D eigenvalue weighted by Crippen LogP contribution is 2.25. The summed E-state index contributed by atoms with van der Waals surface area (Å²) in [6, 6.07) is 9.29. The van der Waals surface area contributed by atoms with Gasteiger partial charge in [0, 0.05) is 38.9 Å². The molecule has 2 aromatic rings. The monoisotopic (exact) mass is 472 g/mol. The first kappa shape index (κ1) is 23.5. The summed E-state index contributed by atoms with van der Waals surface area (Å²) in [6.07, 6.45) is 5.71. The van der Waals surface area contributed by atoms with Crippen molar-refractivity contribution in [2.45, 2.75) is 50.5 Å². The van der Waals surface area contributed by atoms with Crippen LogP contribution in [0.15, 0.2) is 41.4 Å². The van der Waals surface area contributed by atoms with E-state index in [1.165, 1.54) is 16.6 Å². The summed E-state index contributed by atoms with van der Waals surface area (Å²) in [5.74, 6) is -0.692. The number of carbonyl (C=O) groups excluding carboxylic acids is 2. The Balaban J connectivity index is 1.40. The Morgan fingerprint density at radius 2 is 1.85 bits per heavy atom. The lowest BCUT2D eigenvalue weighted by atomic mass is 9.98. The van der Waals surface area contributed by atoms with Gasteiger partial charge in [-0.15, -0.1) is 0 Å². The molecule has 0 saturated carbocycles. The Labute approximate surface area is 195 Å². The summed E-state index contributed by atoms with van der Waals surface area (Å²) in [7, 11) is -3.79. The molecule has 2 N–H and O–H groups in total. The fourth-order valence-electron chi connectivity index (χ4n) is 4.57. The molecule has 4 rings (SSSR count). The highest BCUT2D eigenvalue weighted by molar-refractivity contribution is 7.89. The van der Waals surface area contributed by atoms with Gasteiger partial charge in [0.05, 0.1) is 5.92 Å². The molecule has 9 heteroatoms. The molecule has 8 nitrogen and oxygen atoms in total. The number of piperidine rings is 2. The molecule has 2 amide bonds. The third-order valence-corrected chi connectivity index (χ3v) is 8.48. The highest BCUT2D eigenvalue weighted by Gasteiger charge is 2.34. The number of hydrogen-bond acceptors (Lipinski definition) is 4. The topological polar surface area (TPSA) is 103 Å². The van der Waals surface area contributed by atoms with Crippen molar-refractivity contribution < 1.29 is 18.0 Å². The predicted molar refractivity (Wildman–Crippen MR) is 125 cm³/mol. The van der Waals surface area contributed by atoms with Crippen molar-refractivity contribution in [1.82, 2.24) is 19.5 Å². The first-order valence-electron chi connectivity index (χ1n) is 11.7. The molecule has 3 heterocycles. The van der Waals surface area contributed by atoms with Gasteiger partial charge in [-0.3, -0.25) is 9.59 Å². The molecule has 0 spiro atoms. The van der Waals surface area contributed by atoms with Gasteiger partial charge < -0.3 is 15.2 Å². The van der Waals surface area contributed by atoms with E-state index >= 15 is 0 Å². The smallest absolute Gasteiger partial charge is 0.270 e. The van der Waals surface area contributed by atoms with Crippen molar-refractivity contribution >= 4 is 21.8 Å². The summed E-state index contributed by atoms with van der Waals surface area (Å²) in [4.78, 5) is 30.2. The molecular weight excluding hydrogens is 440 g/mol. The van der Waals surface area contributed by atoms with Crippen LogP contribution in [0.3, 0.4) is 0 Å². The minimum absolute atomic E-state index is 0.0730. The number of hydrogen-bond donors (Lipinski definition) is 2. The SMILES string of the molecule is Cc1ccccc1CNC(=O)[C@H]1CCCN(S(=O)(=O)c2c[nH]c(C(=O)N3CCCCC3)c2)C1. The number of nitrogens with one attached hydrogen (secondary N) is 2. The second-order valence-electron chi connectivity index (χ2n) is 8.95. The van der Waals surface area contributed by atoms with E-state index in [-0.39, 0.29) is 23.3 Å². The van der Waals surface area contributed by atoms with Crippen LogP contribution in [0.1, 0.15) is 53.7 Å². The third kappa shape index (κ3) is 5.30. The number of likely N-dealkylation sites (tertiary alicyclic amines) is 1. The summed E-state index contributed by atoms with van der Waals surface area (Å²) in [6.45, 7) is 4.33. The van der Waals surface area contributed by atoms with Gasteiger partial charge >= 0.3 is 0 Å². The average molecular weight is 473 g/mol. The number of sulfonamides is 1. The quantitative estimate of drug-likeness (QED) is 0.675. The fourth-order valence-corrected chi connectivity index (χ4v) is 6.09. The molecule has 1 aromatic heterocycles. The van der Waals surface area contributed by atoms with E-state index in [1.54, 1.807) is 4.90 Å². The number of amides is 2. The van der Waals surface area contributed by atoms with Gasteiger partial charge in [-0.1, -0.05) is 24.3 Å². The number of aryl methyl sites for hydroxylation is 1. The number of H-pyrrole nitrogens is 1. The maximum Gasteiger partial charge on any atom is 0.270 e. The molecule has 2 saturated heterocycles. The number of benzene rings is 1. The van der Waals surface area contributed by atoms with E-state index in [0.29, 0.717) is 44.7 Å². The van der Waals surface area contributed by atoms with Crippen LogP contribution in [0, 0.1) is 12.8 Å². The van der Waals surface area contributed by atoms with Crippen LogP contribution in [0.5, 0.6) is 0 Å². The summed E-state index contributed by atoms with van der Waals surface area (Å²) in [5.41, 5.74) is 2.44. The second-order valence-corrected chi connectivity index (χ2v) is 10.9. The van der Waals surface area contributed by atoms with Crippen molar-refractivity contribution in [3.63, 3.8) is 0 Å². The van der Waals surface area contributed by atoms with Gasteiger partial charge in [0.1, 0.15) is 10.6 Å². The summed E-state index contributed by atoms with van der Waals surface area (Å²) >= 11 is 0. The minimum Gasteiger partial charge on any atom is -0.356 e. The molecular formula is C24H32N4O4S. The summed E-state index contributed by atoms with van der Waals surface area (Å²) < 4.78 is 27.8. The second kappa shape index (κ2) is 10.1. The molecule has 33 heavy (non-hydrogen) atoms. The zero-order valence-corrected chi connectivity index (χ0v) is 19.9. The molecule has 2 aliphatic rings. The van der Waals surface area contributed by atoms with Gasteiger partial charge in [0.25, 0.3) is 5.91 Å². The number of carbonyl (C=O) groups is 2. The van der Waals surface area contributed by atoms with E-state index in [2.05, 4.69) is 10.3 Å². The lowest BCUT2D eigenvalue weighted by Crippen LogP contribution is -2.45. The standard InChI is InChI=1S/C24H32N4O4S/c1-18-8-3-4-9-19(18)15-26-23(29)20-10-7-13-28(17-20)33(31,32)21-14-22(25-16-21)24(30)27-11-5-2-6-12-27/h3-4,8-9,14,16,20,25H,2,5-7,10-13,15,17H2,1H3,(H,26,29)/t20-/m0/s1. The first-order chi connectivity index (χ1) is 15.9. The third-order valence-electron chi connectivity index (χ3n) is 6.64. The number of aromatic nitrogens is 1. The van der Waals surface area contributed by atoms with E-state index in [4.69, 9.17) is 0 Å². The van der Waals surface area contributed by atoms with Gasteiger partial charge in [0.15, 0.2) is 0 Å². The Morgan fingerprint density at radius 3 is 2.61 bits per heavy atom. The van der Waals surface area contributed by atoms with Crippen molar-refractivity contribution in [1.29, 1.82) is 0 Å². The van der Waals surface area contributed by atoms with Crippen LogP contribution in [-0.4, -0.2) is 60.6 Å². The molecule has 2 fully saturated rings. The van der Waals surface area contributed by atoms with E-state index in [1.807, 2.05) is 31.2 Å². The Morgan fingerprint density at radius 1 is 1.09 bits per heavy atom.